The van der Waals surface area contributed by atoms with Gasteiger partial charge < -0.3 is 14.7 Å². The number of rotatable bonds is 6. The summed E-state index contributed by atoms with van der Waals surface area (Å²) >= 11 is 0. The summed E-state index contributed by atoms with van der Waals surface area (Å²) in [6.45, 7) is 1.74. The van der Waals surface area contributed by atoms with E-state index in [9.17, 15) is 18.0 Å². The fourth-order valence-corrected chi connectivity index (χ4v) is 5.87. The standard InChI is InChI=1S/C18H24N2O6S/c1-26-13-12-19-10-2-8-18(17(19)23)9-3-11-20(18)27(24,25)15-6-4-14(5-7-15)16(21)22/h4-7H,2-3,8-13H2,1H3,(H,21,22). The minimum absolute atomic E-state index is 0.00981. The van der Waals surface area contributed by atoms with Crippen LogP contribution < -0.4 is 0 Å². The lowest BCUT2D eigenvalue weighted by Gasteiger charge is -2.43. The monoisotopic (exact) mass is 396 g/mol. The van der Waals surface area contributed by atoms with Crippen molar-refractivity contribution >= 4 is 21.9 Å². The second kappa shape index (κ2) is 7.57. The summed E-state index contributed by atoms with van der Waals surface area (Å²) in [5.74, 6) is -1.28. The Hall–Kier alpha value is -1.97. The van der Waals surface area contributed by atoms with E-state index in [0.29, 0.717) is 39.0 Å². The lowest BCUT2D eigenvalue weighted by atomic mass is 9.86. The van der Waals surface area contributed by atoms with Gasteiger partial charge in [0.2, 0.25) is 15.9 Å². The Kier molecular flexibility index (Phi) is 5.55. The first-order chi connectivity index (χ1) is 12.8. The van der Waals surface area contributed by atoms with E-state index in [1.54, 1.807) is 12.0 Å². The summed E-state index contributed by atoms with van der Waals surface area (Å²) in [6, 6.07) is 5.12. The number of likely N-dealkylation sites (tertiary alicyclic amines) is 1. The molecule has 2 saturated heterocycles. The molecule has 0 aliphatic carbocycles. The molecule has 2 heterocycles. The molecule has 1 aromatic rings. The summed E-state index contributed by atoms with van der Waals surface area (Å²) in [5, 5.41) is 9.00. The first kappa shape index (κ1) is 19.8. The molecule has 9 heteroatoms. The van der Waals surface area contributed by atoms with Crippen molar-refractivity contribution in [2.45, 2.75) is 36.1 Å². The normalized spacial score (nSPS) is 23.9. The van der Waals surface area contributed by atoms with E-state index < -0.39 is 21.5 Å². The molecule has 3 rings (SSSR count). The zero-order valence-electron chi connectivity index (χ0n) is 15.3. The van der Waals surface area contributed by atoms with Crippen molar-refractivity contribution in [2.75, 3.05) is 33.4 Å². The maximum Gasteiger partial charge on any atom is 0.335 e. The number of carboxylic acids is 1. The Bertz CT molecular complexity index is 823. The van der Waals surface area contributed by atoms with Crippen molar-refractivity contribution in [3.63, 3.8) is 0 Å². The molecule has 1 spiro atoms. The van der Waals surface area contributed by atoms with Crippen LogP contribution in [0.2, 0.25) is 0 Å². The SMILES string of the molecule is COCCN1CCCC2(CCCN2S(=O)(=O)c2ccc(C(=O)O)cc2)C1=O. The number of carboxylic acid groups (broad SMARTS) is 1. The highest BCUT2D eigenvalue weighted by molar-refractivity contribution is 7.89. The summed E-state index contributed by atoms with van der Waals surface area (Å²) in [6.07, 6.45) is 2.36. The number of carbonyl (C=O) groups is 2. The molecule has 0 saturated carbocycles. The van der Waals surface area contributed by atoms with Crippen LogP contribution >= 0.6 is 0 Å². The van der Waals surface area contributed by atoms with Crippen LogP contribution in [0.15, 0.2) is 29.2 Å². The summed E-state index contributed by atoms with van der Waals surface area (Å²) in [7, 11) is -2.34. The third-order valence-electron chi connectivity index (χ3n) is 5.39. The lowest BCUT2D eigenvalue weighted by Crippen LogP contribution is -2.61. The second-order valence-corrected chi connectivity index (χ2v) is 8.79. The number of nitrogens with zero attached hydrogens (tertiary/aromatic N) is 2. The Morgan fingerprint density at radius 3 is 2.41 bits per heavy atom. The van der Waals surface area contributed by atoms with Crippen LogP contribution in [-0.4, -0.2) is 73.5 Å². The first-order valence-corrected chi connectivity index (χ1v) is 10.4. The number of benzene rings is 1. The average molecular weight is 396 g/mol. The predicted octanol–water partition coefficient (Wildman–Crippen LogP) is 1.18. The van der Waals surface area contributed by atoms with Crippen LogP contribution in [0.1, 0.15) is 36.0 Å². The molecule has 2 aliphatic heterocycles. The number of amides is 1. The van der Waals surface area contributed by atoms with E-state index in [-0.39, 0.29) is 22.9 Å². The van der Waals surface area contributed by atoms with Gasteiger partial charge in [-0.05, 0) is 49.9 Å². The fraction of sp³-hybridized carbons (Fsp3) is 0.556. The molecule has 0 aromatic heterocycles. The number of ether oxygens (including phenoxy) is 1. The molecule has 2 aliphatic rings. The number of methoxy groups -OCH3 is 1. The summed E-state index contributed by atoms with van der Waals surface area (Å²) < 4.78 is 32.9. The minimum atomic E-state index is -3.90. The average Bonchev–Trinajstić information content (AvgIpc) is 3.08. The number of piperidine rings is 1. The third kappa shape index (κ3) is 3.46. The van der Waals surface area contributed by atoms with Crippen molar-refractivity contribution in [1.82, 2.24) is 9.21 Å². The Morgan fingerprint density at radius 1 is 1.19 bits per heavy atom. The number of hydrogen-bond acceptors (Lipinski definition) is 5. The molecule has 0 bridgehead atoms. The molecular formula is C18H24N2O6S. The van der Waals surface area contributed by atoms with E-state index in [1.165, 1.54) is 28.6 Å². The van der Waals surface area contributed by atoms with Gasteiger partial charge in [0.05, 0.1) is 17.1 Å². The molecule has 1 atom stereocenters. The molecule has 0 radical (unpaired) electrons. The molecule has 148 valence electrons. The number of hydrogen-bond donors (Lipinski definition) is 1. The first-order valence-electron chi connectivity index (χ1n) is 8.97. The van der Waals surface area contributed by atoms with E-state index in [1.807, 2.05) is 0 Å². The van der Waals surface area contributed by atoms with E-state index in [2.05, 4.69) is 0 Å². The largest absolute Gasteiger partial charge is 0.478 e. The minimum Gasteiger partial charge on any atom is -0.478 e. The van der Waals surface area contributed by atoms with Gasteiger partial charge in [0.15, 0.2) is 0 Å². The van der Waals surface area contributed by atoms with E-state index in [4.69, 9.17) is 9.84 Å². The summed E-state index contributed by atoms with van der Waals surface area (Å²) in [5.41, 5.74) is -1.03. The van der Waals surface area contributed by atoms with Crippen molar-refractivity contribution < 1.29 is 27.9 Å². The van der Waals surface area contributed by atoms with Crippen molar-refractivity contribution in [1.29, 1.82) is 0 Å². The van der Waals surface area contributed by atoms with Crippen LogP contribution in [0.3, 0.4) is 0 Å². The number of sulfonamides is 1. The molecule has 2 fully saturated rings. The Labute approximate surface area is 158 Å². The number of carbonyl (C=O) groups excluding carboxylic acids is 1. The fourth-order valence-electron chi connectivity index (χ4n) is 4.04. The smallest absolute Gasteiger partial charge is 0.335 e. The molecule has 27 heavy (non-hydrogen) atoms. The van der Waals surface area contributed by atoms with Gasteiger partial charge in [0, 0.05) is 26.7 Å². The molecule has 8 nitrogen and oxygen atoms in total. The van der Waals surface area contributed by atoms with Gasteiger partial charge in [-0.15, -0.1) is 0 Å². The van der Waals surface area contributed by atoms with Gasteiger partial charge in [-0.25, -0.2) is 13.2 Å². The van der Waals surface area contributed by atoms with Gasteiger partial charge in [-0.2, -0.15) is 4.31 Å². The third-order valence-corrected chi connectivity index (χ3v) is 7.37. The van der Waals surface area contributed by atoms with Crippen molar-refractivity contribution in [2.24, 2.45) is 0 Å². The molecular weight excluding hydrogens is 372 g/mol. The Balaban J connectivity index is 1.92. The van der Waals surface area contributed by atoms with Gasteiger partial charge in [-0.1, -0.05) is 0 Å². The van der Waals surface area contributed by atoms with Crippen LogP contribution in [0.25, 0.3) is 0 Å². The highest BCUT2D eigenvalue weighted by Gasteiger charge is 2.55. The van der Waals surface area contributed by atoms with E-state index >= 15 is 0 Å². The maximum atomic E-state index is 13.2. The predicted molar refractivity (Wildman–Crippen MR) is 96.9 cm³/mol. The molecule has 1 N–H and O–H groups in total. The molecule has 1 amide bonds. The van der Waals surface area contributed by atoms with Gasteiger partial charge in [0.1, 0.15) is 5.54 Å². The summed E-state index contributed by atoms with van der Waals surface area (Å²) in [4.78, 5) is 25.9. The zero-order valence-corrected chi connectivity index (χ0v) is 16.1. The van der Waals surface area contributed by atoms with Crippen LogP contribution in [0.5, 0.6) is 0 Å². The number of aromatic carboxylic acids is 1. The van der Waals surface area contributed by atoms with Crippen molar-refractivity contribution in [3.05, 3.63) is 29.8 Å². The highest BCUT2D eigenvalue weighted by atomic mass is 32.2. The quantitative estimate of drug-likeness (QED) is 0.774. The van der Waals surface area contributed by atoms with Crippen LogP contribution in [0.4, 0.5) is 0 Å². The van der Waals surface area contributed by atoms with Crippen molar-refractivity contribution in [3.8, 4) is 0 Å². The second-order valence-electron chi connectivity index (χ2n) is 6.93. The van der Waals surface area contributed by atoms with E-state index in [0.717, 1.165) is 6.42 Å². The van der Waals surface area contributed by atoms with Crippen LogP contribution in [-0.2, 0) is 19.6 Å². The topological polar surface area (TPSA) is 104 Å². The van der Waals surface area contributed by atoms with Crippen LogP contribution in [0, 0.1) is 0 Å². The highest BCUT2D eigenvalue weighted by Crippen LogP contribution is 2.41. The molecule has 1 aromatic carbocycles. The van der Waals surface area contributed by atoms with Gasteiger partial charge in [-0.3, -0.25) is 4.79 Å². The lowest BCUT2D eigenvalue weighted by molar-refractivity contribution is -0.145. The maximum absolute atomic E-state index is 13.2. The van der Waals surface area contributed by atoms with Gasteiger partial charge in [0.25, 0.3) is 0 Å². The zero-order chi connectivity index (χ0) is 19.7. The Morgan fingerprint density at radius 2 is 1.81 bits per heavy atom. The van der Waals surface area contributed by atoms with Gasteiger partial charge >= 0.3 is 5.97 Å². The molecule has 1 unspecified atom stereocenters.